The van der Waals surface area contributed by atoms with Crippen LogP contribution in [-0.2, 0) is 12.8 Å². The highest BCUT2D eigenvalue weighted by molar-refractivity contribution is 5.86. The number of hydrogen-bond donors (Lipinski definition) is 1. The summed E-state index contributed by atoms with van der Waals surface area (Å²) in [6.07, 6.45) is 6.30. The van der Waals surface area contributed by atoms with Crippen LogP contribution in [0.2, 0.25) is 0 Å². The van der Waals surface area contributed by atoms with E-state index in [2.05, 4.69) is 98.8 Å². The van der Waals surface area contributed by atoms with Gasteiger partial charge >= 0.3 is 0 Å². The summed E-state index contributed by atoms with van der Waals surface area (Å²) in [7, 11) is 0. The first-order valence-electron chi connectivity index (χ1n) is 12.8. The molecular weight excluding hydrogens is 398 g/mol. The lowest BCUT2D eigenvalue weighted by atomic mass is 9.61. The van der Waals surface area contributed by atoms with E-state index in [1.807, 2.05) is 13.8 Å². The molecule has 0 radical (unpaired) electrons. The molecule has 0 aliphatic heterocycles. The fraction of sp³-hybridized carbons (Fsp3) is 0.375. The van der Waals surface area contributed by atoms with Gasteiger partial charge in [0, 0.05) is 0 Å². The van der Waals surface area contributed by atoms with Crippen LogP contribution in [0.4, 0.5) is 0 Å². The number of benzene rings is 4. The van der Waals surface area contributed by atoms with E-state index in [0.29, 0.717) is 11.3 Å². The molecule has 4 aromatic rings. The van der Waals surface area contributed by atoms with E-state index < -0.39 is 0 Å². The summed E-state index contributed by atoms with van der Waals surface area (Å²) in [4.78, 5) is 0. The molecule has 1 saturated carbocycles. The molecule has 1 fully saturated rings. The molecule has 0 bridgehead atoms. The second-order valence-corrected chi connectivity index (χ2v) is 9.27. The normalized spacial score (nSPS) is 14.9. The summed E-state index contributed by atoms with van der Waals surface area (Å²) in [5.74, 6) is 0.618. The van der Waals surface area contributed by atoms with Crippen molar-refractivity contribution >= 4 is 21.5 Å². The molecule has 1 unspecified atom stereocenters. The molecule has 0 amide bonds. The predicted molar refractivity (Wildman–Crippen MR) is 147 cm³/mol. The van der Waals surface area contributed by atoms with Gasteiger partial charge in [-0.3, -0.25) is 0 Å². The van der Waals surface area contributed by atoms with E-state index in [9.17, 15) is 0 Å². The molecule has 5 rings (SSSR count). The first-order chi connectivity index (χ1) is 16.1. The second-order valence-electron chi connectivity index (χ2n) is 9.27. The van der Waals surface area contributed by atoms with Gasteiger partial charge in [-0.05, 0) is 76.2 Å². The van der Waals surface area contributed by atoms with Gasteiger partial charge in [-0.2, -0.15) is 0 Å². The van der Waals surface area contributed by atoms with Crippen LogP contribution < -0.4 is 5.73 Å². The van der Waals surface area contributed by atoms with Crippen molar-refractivity contribution in [3.8, 4) is 0 Å². The molecule has 0 heterocycles. The maximum atomic E-state index is 6.06. The summed E-state index contributed by atoms with van der Waals surface area (Å²) < 4.78 is 0. The Morgan fingerprint density at radius 2 is 1.21 bits per heavy atom. The third-order valence-electron chi connectivity index (χ3n) is 7.37. The molecule has 0 aromatic heterocycles. The van der Waals surface area contributed by atoms with Gasteiger partial charge in [0.05, 0.1) is 0 Å². The maximum absolute atomic E-state index is 6.06. The first kappa shape index (κ1) is 25.0. The molecule has 0 spiro atoms. The molecular formula is C32H41N. The van der Waals surface area contributed by atoms with E-state index in [0.717, 1.165) is 19.4 Å². The lowest BCUT2D eigenvalue weighted by Crippen LogP contribution is -2.39. The number of fused-ring (bicyclic) bond motifs is 2. The minimum Gasteiger partial charge on any atom is -0.330 e. The lowest BCUT2D eigenvalue weighted by Gasteiger charge is -2.45. The molecule has 0 saturated heterocycles. The summed E-state index contributed by atoms with van der Waals surface area (Å²) in [5, 5.41) is 5.47. The quantitative estimate of drug-likeness (QED) is 0.331. The van der Waals surface area contributed by atoms with E-state index in [-0.39, 0.29) is 0 Å². The van der Waals surface area contributed by atoms with Gasteiger partial charge in [0.1, 0.15) is 0 Å². The van der Waals surface area contributed by atoms with Gasteiger partial charge in [0.2, 0.25) is 0 Å². The van der Waals surface area contributed by atoms with Gasteiger partial charge in [0.15, 0.2) is 0 Å². The SMILES string of the molecule is CC.CC1(C(CN)Cc2cccc3ccccc23)CCC1.CCc1cccc2ccccc12. The van der Waals surface area contributed by atoms with Gasteiger partial charge in [-0.25, -0.2) is 0 Å². The van der Waals surface area contributed by atoms with E-state index in [1.165, 1.54) is 51.9 Å². The smallest absolute Gasteiger partial charge is 0.00405 e. The van der Waals surface area contributed by atoms with Crippen LogP contribution in [0, 0.1) is 11.3 Å². The first-order valence-corrected chi connectivity index (χ1v) is 12.8. The van der Waals surface area contributed by atoms with Gasteiger partial charge in [-0.1, -0.05) is 119 Å². The van der Waals surface area contributed by atoms with Crippen molar-refractivity contribution in [3.05, 3.63) is 96.1 Å². The van der Waals surface area contributed by atoms with Crippen molar-refractivity contribution in [2.24, 2.45) is 17.1 Å². The Hall–Kier alpha value is -2.64. The third-order valence-corrected chi connectivity index (χ3v) is 7.37. The fourth-order valence-corrected chi connectivity index (χ4v) is 5.09. The molecule has 4 aromatic carbocycles. The van der Waals surface area contributed by atoms with Crippen molar-refractivity contribution in [1.82, 2.24) is 0 Å². The van der Waals surface area contributed by atoms with Crippen LogP contribution in [0.25, 0.3) is 21.5 Å². The monoisotopic (exact) mass is 439 g/mol. The molecule has 174 valence electrons. The Morgan fingerprint density at radius 1 is 0.727 bits per heavy atom. The summed E-state index contributed by atoms with van der Waals surface area (Å²) in [5.41, 5.74) is 9.44. The zero-order chi connectivity index (χ0) is 23.7. The van der Waals surface area contributed by atoms with Gasteiger partial charge < -0.3 is 5.73 Å². The largest absolute Gasteiger partial charge is 0.330 e. The molecule has 33 heavy (non-hydrogen) atoms. The zero-order valence-corrected chi connectivity index (χ0v) is 21.0. The van der Waals surface area contributed by atoms with Crippen LogP contribution in [-0.4, -0.2) is 6.54 Å². The van der Waals surface area contributed by atoms with Crippen LogP contribution >= 0.6 is 0 Å². The Labute approximate surface area is 201 Å². The highest BCUT2D eigenvalue weighted by Crippen LogP contribution is 2.47. The second kappa shape index (κ2) is 12.0. The van der Waals surface area contributed by atoms with Crippen LogP contribution in [0.5, 0.6) is 0 Å². The maximum Gasteiger partial charge on any atom is -0.00405 e. The summed E-state index contributed by atoms with van der Waals surface area (Å²) in [6, 6.07) is 30.3. The molecule has 1 heteroatoms. The highest BCUT2D eigenvalue weighted by atomic mass is 14.6. The van der Waals surface area contributed by atoms with Crippen LogP contribution in [0.1, 0.15) is 58.1 Å². The zero-order valence-electron chi connectivity index (χ0n) is 21.0. The van der Waals surface area contributed by atoms with Crippen molar-refractivity contribution in [3.63, 3.8) is 0 Å². The van der Waals surface area contributed by atoms with E-state index >= 15 is 0 Å². The Bertz CT molecular complexity index is 1130. The van der Waals surface area contributed by atoms with Gasteiger partial charge in [-0.15, -0.1) is 0 Å². The minimum absolute atomic E-state index is 0.478. The standard InChI is InChI=1S/C18H23N.C12H12.C2H6/c1-18(10-5-11-18)16(13-19)12-15-8-4-7-14-6-2-3-9-17(14)15;1-2-10-7-5-8-11-6-3-4-9-12(10)11;1-2/h2-4,6-9,16H,5,10-13,19H2,1H3;3-9H,2H2,1H3;1-2H3. The topological polar surface area (TPSA) is 26.0 Å². The average Bonchev–Trinajstić information content (AvgIpc) is 2.87. The van der Waals surface area contributed by atoms with Crippen molar-refractivity contribution < 1.29 is 0 Å². The number of aryl methyl sites for hydroxylation is 1. The van der Waals surface area contributed by atoms with E-state index in [1.54, 1.807) is 0 Å². The summed E-state index contributed by atoms with van der Waals surface area (Å²) in [6.45, 7) is 9.42. The molecule has 1 atom stereocenters. The average molecular weight is 440 g/mol. The van der Waals surface area contributed by atoms with Crippen LogP contribution in [0.3, 0.4) is 0 Å². The molecule has 1 aliphatic rings. The van der Waals surface area contributed by atoms with Crippen molar-refractivity contribution in [2.45, 2.75) is 59.8 Å². The lowest BCUT2D eigenvalue weighted by molar-refractivity contribution is 0.0762. The molecule has 1 aliphatic carbocycles. The van der Waals surface area contributed by atoms with Crippen LogP contribution in [0.15, 0.2) is 84.9 Å². The highest BCUT2D eigenvalue weighted by Gasteiger charge is 2.38. The van der Waals surface area contributed by atoms with Gasteiger partial charge in [0.25, 0.3) is 0 Å². The Balaban J connectivity index is 0.000000188. The fourth-order valence-electron chi connectivity index (χ4n) is 5.09. The Kier molecular flexibility index (Phi) is 9.09. The van der Waals surface area contributed by atoms with E-state index in [4.69, 9.17) is 5.73 Å². The van der Waals surface area contributed by atoms with Crippen molar-refractivity contribution in [2.75, 3.05) is 6.54 Å². The Morgan fingerprint density at radius 3 is 1.70 bits per heavy atom. The minimum atomic E-state index is 0.478. The number of nitrogens with two attached hydrogens (primary N) is 1. The van der Waals surface area contributed by atoms with Crippen molar-refractivity contribution in [1.29, 1.82) is 0 Å². The third kappa shape index (κ3) is 5.84. The molecule has 2 N–H and O–H groups in total. The molecule has 1 nitrogen and oxygen atoms in total. The number of rotatable bonds is 5. The summed E-state index contributed by atoms with van der Waals surface area (Å²) >= 11 is 0. The number of hydrogen-bond acceptors (Lipinski definition) is 1. The predicted octanol–water partition coefficient (Wildman–Crippen LogP) is 8.58.